The van der Waals surface area contributed by atoms with E-state index in [1.54, 1.807) is 6.07 Å². The van der Waals surface area contributed by atoms with Gasteiger partial charge in [0, 0.05) is 17.8 Å². The molecule has 1 aromatic carbocycles. The lowest BCUT2D eigenvalue weighted by molar-refractivity contribution is 0.489. The number of hydrogen-bond acceptors (Lipinski definition) is 3. The van der Waals surface area contributed by atoms with Crippen molar-refractivity contribution < 1.29 is 8.78 Å². The summed E-state index contributed by atoms with van der Waals surface area (Å²) in [5.74, 6) is -2.15. The molecule has 0 saturated heterocycles. The molecule has 0 unspecified atom stereocenters. The van der Waals surface area contributed by atoms with Crippen molar-refractivity contribution in [1.82, 2.24) is 9.13 Å². The van der Waals surface area contributed by atoms with E-state index in [9.17, 15) is 18.4 Å². The van der Waals surface area contributed by atoms with Crippen molar-refractivity contribution in [2.45, 2.75) is 25.4 Å². The predicted octanol–water partition coefficient (Wildman–Crippen LogP) is 1.54. The van der Waals surface area contributed by atoms with Crippen LogP contribution in [0.3, 0.4) is 0 Å². The van der Waals surface area contributed by atoms with Gasteiger partial charge in [-0.05, 0) is 18.9 Å². The number of halogens is 2. The molecule has 1 saturated carbocycles. The highest BCUT2D eigenvalue weighted by Gasteiger charge is 2.27. The van der Waals surface area contributed by atoms with Gasteiger partial charge in [0.25, 0.3) is 5.56 Å². The van der Waals surface area contributed by atoms with Crippen molar-refractivity contribution in [3.05, 3.63) is 68.0 Å². The fourth-order valence-electron chi connectivity index (χ4n) is 2.29. The first-order valence-electron chi connectivity index (χ1n) is 6.72. The number of rotatable bonds is 3. The lowest BCUT2D eigenvalue weighted by atomic mass is 10.2. The molecule has 0 atom stereocenters. The van der Waals surface area contributed by atoms with Crippen LogP contribution in [0.4, 0.5) is 8.78 Å². The second-order valence-electron chi connectivity index (χ2n) is 5.18. The van der Waals surface area contributed by atoms with Gasteiger partial charge in [-0.2, -0.15) is 5.26 Å². The third-order valence-corrected chi connectivity index (χ3v) is 3.62. The Bertz CT molecular complexity index is 904. The Morgan fingerprint density at radius 2 is 2.00 bits per heavy atom. The average molecular weight is 303 g/mol. The minimum atomic E-state index is -1.10. The first-order chi connectivity index (χ1) is 10.5. The first-order valence-corrected chi connectivity index (χ1v) is 6.72. The number of hydrogen-bond donors (Lipinski definition) is 0. The molecular formula is C15H11F2N3O2. The van der Waals surface area contributed by atoms with Gasteiger partial charge in [0.2, 0.25) is 0 Å². The van der Waals surface area contributed by atoms with E-state index in [0.717, 1.165) is 23.5 Å². The van der Waals surface area contributed by atoms with E-state index in [0.29, 0.717) is 0 Å². The van der Waals surface area contributed by atoms with E-state index >= 15 is 0 Å². The molecular weight excluding hydrogens is 292 g/mol. The summed E-state index contributed by atoms with van der Waals surface area (Å²) in [6.45, 7) is -0.413. The van der Waals surface area contributed by atoms with Crippen molar-refractivity contribution >= 4 is 0 Å². The maximum atomic E-state index is 13.7. The molecule has 1 aliphatic carbocycles. The summed E-state index contributed by atoms with van der Waals surface area (Å²) in [6, 6.07) is 5.25. The maximum absolute atomic E-state index is 13.7. The van der Waals surface area contributed by atoms with Crippen LogP contribution in [0.5, 0.6) is 0 Å². The van der Waals surface area contributed by atoms with Gasteiger partial charge in [0.15, 0.2) is 11.6 Å². The minimum absolute atomic E-state index is 0.0381. The third kappa shape index (κ3) is 2.33. The van der Waals surface area contributed by atoms with Crippen molar-refractivity contribution in [2.24, 2.45) is 0 Å². The topological polar surface area (TPSA) is 67.8 Å². The lowest BCUT2D eigenvalue weighted by Gasteiger charge is -2.11. The molecule has 112 valence electrons. The van der Waals surface area contributed by atoms with Crippen molar-refractivity contribution in [2.75, 3.05) is 0 Å². The lowest BCUT2D eigenvalue weighted by Crippen LogP contribution is -2.41. The molecule has 0 bridgehead atoms. The summed E-state index contributed by atoms with van der Waals surface area (Å²) in [5, 5.41) is 9.01. The fourth-order valence-corrected chi connectivity index (χ4v) is 2.29. The van der Waals surface area contributed by atoms with E-state index in [1.807, 2.05) is 0 Å². The molecule has 22 heavy (non-hydrogen) atoms. The van der Waals surface area contributed by atoms with Crippen molar-refractivity contribution in [1.29, 1.82) is 5.26 Å². The summed E-state index contributed by atoms with van der Waals surface area (Å²) < 4.78 is 29.1. The molecule has 0 spiro atoms. The van der Waals surface area contributed by atoms with Gasteiger partial charge < -0.3 is 0 Å². The zero-order chi connectivity index (χ0) is 15.9. The van der Waals surface area contributed by atoms with Crippen molar-refractivity contribution in [3.8, 4) is 6.07 Å². The van der Waals surface area contributed by atoms with Gasteiger partial charge in [-0.1, -0.05) is 12.1 Å². The Morgan fingerprint density at radius 3 is 2.64 bits per heavy atom. The van der Waals surface area contributed by atoms with Gasteiger partial charge >= 0.3 is 5.69 Å². The van der Waals surface area contributed by atoms with Gasteiger partial charge in [0.1, 0.15) is 11.6 Å². The van der Waals surface area contributed by atoms with E-state index < -0.39 is 29.4 Å². The highest BCUT2D eigenvalue weighted by Crippen LogP contribution is 2.33. The number of aromatic nitrogens is 2. The van der Waals surface area contributed by atoms with E-state index in [1.165, 1.54) is 22.9 Å². The molecule has 0 N–H and O–H groups in total. The smallest absolute Gasteiger partial charge is 0.296 e. The number of benzene rings is 1. The summed E-state index contributed by atoms with van der Waals surface area (Å²) in [7, 11) is 0. The summed E-state index contributed by atoms with van der Waals surface area (Å²) >= 11 is 0. The van der Waals surface area contributed by atoms with Gasteiger partial charge in [-0.15, -0.1) is 0 Å². The molecule has 5 nitrogen and oxygen atoms in total. The summed E-state index contributed by atoms with van der Waals surface area (Å²) in [6.07, 6.45) is 2.81. The molecule has 2 aromatic rings. The SMILES string of the molecule is N#Cc1cn(C2CC2)c(=O)n(Cc2cccc(F)c2F)c1=O. The largest absolute Gasteiger partial charge is 0.331 e. The van der Waals surface area contributed by atoms with E-state index in [-0.39, 0.29) is 17.2 Å². The standard InChI is InChI=1S/C15H11F2N3O2/c16-12-3-1-2-9(13(12)17)7-20-14(21)10(6-18)8-19(15(20)22)11-4-5-11/h1-3,8,11H,4-5,7H2. The normalized spacial score (nSPS) is 13.9. The maximum Gasteiger partial charge on any atom is 0.331 e. The summed E-state index contributed by atoms with van der Waals surface area (Å²) in [5.41, 5.74) is -1.72. The second kappa shape index (κ2) is 5.22. The van der Waals surface area contributed by atoms with Crippen LogP contribution in [0.2, 0.25) is 0 Å². The Balaban J connectivity index is 2.16. The van der Waals surface area contributed by atoms with Gasteiger partial charge in [-0.3, -0.25) is 13.9 Å². The van der Waals surface area contributed by atoms with Crippen LogP contribution < -0.4 is 11.2 Å². The minimum Gasteiger partial charge on any atom is -0.296 e. The van der Waals surface area contributed by atoms with Crippen LogP contribution in [0, 0.1) is 23.0 Å². The molecule has 3 rings (SSSR count). The van der Waals surface area contributed by atoms with Gasteiger partial charge in [-0.25, -0.2) is 13.6 Å². The third-order valence-electron chi connectivity index (χ3n) is 3.62. The van der Waals surface area contributed by atoms with Crippen LogP contribution in [-0.4, -0.2) is 9.13 Å². The fraction of sp³-hybridized carbons (Fsp3) is 0.267. The Morgan fingerprint density at radius 1 is 1.27 bits per heavy atom. The number of nitrogens with zero attached hydrogens (tertiary/aromatic N) is 3. The quantitative estimate of drug-likeness (QED) is 0.864. The molecule has 0 aliphatic heterocycles. The molecule has 1 heterocycles. The van der Waals surface area contributed by atoms with Crippen LogP contribution in [0.1, 0.15) is 30.0 Å². The average Bonchev–Trinajstić information content (AvgIpc) is 3.32. The predicted molar refractivity (Wildman–Crippen MR) is 73.4 cm³/mol. The highest BCUT2D eigenvalue weighted by molar-refractivity contribution is 5.25. The van der Waals surface area contributed by atoms with Crippen LogP contribution in [0.25, 0.3) is 0 Å². The van der Waals surface area contributed by atoms with Crippen LogP contribution in [0.15, 0.2) is 34.0 Å². The summed E-state index contributed by atoms with van der Waals surface area (Å²) in [4.78, 5) is 24.5. The van der Waals surface area contributed by atoms with Crippen molar-refractivity contribution in [3.63, 3.8) is 0 Å². The molecule has 1 fully saturated rings. The second-order valence-corrected chi connectivity index (χ2v) is 5.18. The molecule has 0 radical (unpaired) electrons. The molecule has 0 amide bonds. The Labute approximate surface area is 123 Å². The molecule has 1 aromatic heterocycles. The van der Waals surface area contributed by atoms with E-state index in [4.69, 9.17) is 5.26 Å². The monoisotopic (exact) mass is 303 g/mol. The Kier molecular flexibility index (Phi) is 3.37. The van der Waals surface area contributed by atoms with Crippen LogP contribution >= 0.6 is 0 Å². The van der Waals surface area contributed by atoms with E-state index in [2.05, 4.69) is 0 Å². The molecule has 1 aliphatic rings. The molecule has 7 heteroatoms. The zero-order valence-electron chi connectivity index (χ0n) is 11.4. The van der Waals surface area contributed by atoms with Gasteiger partial charge in [0.05, 0.1) is 6.54 Å². The first kappa shape index (κ1) is 14.2. The Hall–Kier alpha value is -2.75. The van der Waals surface area contributed by atoms with Crippen LogP contribution in [-0.2, 0) is 6.54 Å². The number of nitriles is 1. The highest BCUT2D eigenvalue weighted by atomic mass is 19.2. The zero-order valence-corrected chi connectivity index (χ0v) is 11.4.